The molecule has 0 aliphatic carbocycles. The predicted octanol–water partition coefficient (Wildman–Crippen LogP) is 4.92. The molecule has 144 valence electrons. The SMILES string of the molecule is CCCCCCCCC1(CC/C=C/B2OCC(C)(C)CO2)OCCO1. The minimum absolute atomic E-state index is 0.122. The molecule has 0 aromatic carbocycles. The highest BCUT2D eigenvalue weighted by molar-refractivity contribution is 6.50. The van der Waals surface area contributed by atoms with E-state index in [4.69, 9.17) is 18.8 Å². The summed E-state index contributed by atoms with van der Waals surface area (Å²) < 4.78 is 23.4. The zero-order chi connectivity index (χ0) is 18.0. The number of rotatable bonds is 11. The molecule has 25 heavy (non-hydrogen) atoms. The molecule has 2 heterocycles. The maximum Gasteiger partial charge on any atom is 0.485 e. The molecular weight excluding hydrogens is 315 g/mol. The number of ether oxygens (including phenoxy) is 2. The van der Waals surface area contributed by atoms with Crippen LogP contribution in [0.2, 0.25) is 0 Å². The first-order valence-electron chi connectivity index (χ1n) is 10.2. The highest BCUT2D eigenvalue weighted by Gasteiger charge is 2.35. The standard InChI is InChI=1S/C20H37BO4/c1-4-5-6-7-8-9-12-20(22-15-16-23-20)13-10-11-14-21-24-17-19(2,3)18-25-21/h11,14H,4-10,12-13,15-18H2,1-3H3/b14-11+. The average molecular weight is 352 g/mol. The van der Waals surface area contributed by atoms with Gasteiger partial charge in [-0.25, -0.2) is 0 Å². The van der Waals surface area contributed by atoms with Crippen molar-refractivity contribution in [2.45, 2.75) is 84.3 Å². The van der Waals surface area contributed by atoms with Crippen molar-refractivity contribution < 1.29 is 18.8 Å². The van der Waals surface area contributed by atoms with Crippen LogP contribution in [0.15, 0.2) is 12.1 Å². The summed E-state index contributed by atoms with van der Waals surface area (Å²) in [6.45, 7) is 9.52. The van der Waals surface area contributed by atoms with Crippen LogP contribution in [0.25, 0.3) is 0 Å². The van der Waals surface area contributed by atoms with Crippen molar-refractivity contribution in [1.29, 1.82) is 0 Å². The maximum atomic E-state index is 5.97. The molecule has 0 aromatic heterocycles. The third-order valence-corrected chi connectivity index (χ3v) is 4.99. The van der Waals surface area contributed by atoms with Gasteiger partial charge in [-0.05, 0) is 12.8 Å². The first-order valence-corrected chi connectivity index (χ1v) is 10.2. The van der Waals surface area contributed by atoms with Crippen LogP contribution in [0.4, 0.5) is 0 Å². The second kappa shape index (κ2) is 10.7. The molecule has 0 atom stereocenters. The highest BCUT2D eigenvalue weighted by atomic mass is 16.7. The molecule has 4 nitrogen and oxygen atoms in total. The summed E-state index contributed by atoms with van der Waals surface area (Å²) in [6, 6.07) is 0. The number of unbranched alkanes of at least 4 members (excludes halogenated alkanes) is 5. The van der Waals surface area contributed by atoms with Gasteiger partial charge in [0.25, 0.3) is 0 Å². The molecular formula is C20H37BO4. The molecule has 0 N–H and O–H groups in total. The minimum atomic E-state index is -0.356. The molecule has 0 unspecified atom stereocenters. The topological polar surface area (TPSA) is 36.9 Å². The van der Waals surface area contributed by atoms with E-state index in [1.807, 2.05) is 5.98 Å². The van der Waals surface area contributed by atoms with Crippen molar-refractivity contribution in [3.8, 4) is 0 Å². The highest BCUT2D eigenvalue weighted by Crippen LogP contribution is 2.31. The fourth-order valence-electron chi connectivity index (χ4n) is 3.41. The molecule has 0 radical (unpaired) electrons. The summed E-state index contributed by atoms with van der Waals surface area (Å²) in [5.74, 6) is 1.67. The predicted molar refractivity (Wildman–Crippen MR) is 102 cm³/mol. The monoisotopic (exact) mass is 352 g/mol. The summed E-state index contributed by atoms with van der Waals surface area (Å²) >= 11 is 0. The van der Waals surface area contributed by atoms with E-state index in [0.29, 0.717) is 0 Å². The molecule has 2 aliphatic rings. The van der Waals surface area contributed by atoms with E-state index in [1.54, 1.807) is 0 Å². The van der Waals surface area contributed by atoms with Crippen LogP contribution in [0, 0.1) is 5.41 Å². The quantitative estimate of drug-likeness (QED) is 0.391. The van der Waals surface area contributed by atoms with Gasteiger partial charge in [-0.2, -0.15) is 0 Å². The zero-order valence-corrected chi connectivity index (χ0v) is 16.6. The molecule has 0 aromatic rings. The van der Waals surface area contributed by atoms with E-state index >= 15 is 0 Å². The Morgan fingerprint density at radius 2 is 1.52 bits per heavy atom. The van der Waals surface area contributed by atoms with Crippen LogP contribution in [0.5, 0.6) is 0 Å². The second-order valence-electron chi connectivity index (χ2n) is 8.25. The lowest BCUT2D eigenvalue weighted by atomic mass is 9.83. The van der Waals surface area contributed by atoms with Gasteiger partial charge in [-0.15, -0.1) is 0 Å². The maximum absolute atomic E-state index is 5.97. The molecule has 2 aliphatic heterocycles. The summed E-state index contributed by atoms with van der Waals surface area (Å²) in [6.07, 6.45) is 12.8. The number of hydrogen-bond acceptors (Lipinski definition) is 4. The van der Waals surface area contributed by atoms with Gasteiger partial charge in [0.1, 0.15) is 0 Å². The van der Waals surface area contributed by atoms with Crippen molar-refractivity contribution in [2.24, 2.45) is 5.41 Å². The van der Waals surface area contributed by atoms with Crippen LogP contribution in [0.1, 0.15) is 78.6 Å². The van der Waals surface area contributed by atoms with E-state index in [9.17, 15) is 0 Å². The van der Waals surface area contributed by atoms with Gasteiger partial charge in [0.05, 0.1) is 13.2 Å². The van der Waals surface area contributed by atoms with Crippen molar-refractivity contribution in [1.82, 2.24) is 0 Å². The van der Waals surface area contributed by atoms with Gasteiger partial charge >= 0.3 is 7.12 Å². The minimum Gasteiger partial charge on any atom is -0.407 e. The Labute approximate surface area is 154 Å². The van der Waals surface area contributed by atoms with E-state index in [0.717, 1.165) is 45.7 Å². The summed E-state index contributed by atoms with van der Waals surface area (Å²) in [4.78, 5) is 0. The second-order valence-corrected chi connectivity index (χ2v) is 8.25. The van der Waals surface area contributed by atoms with Gasteiger partial charge in [0, 0.05) is 31.5 Å². The normalized spacial score (nSPS) is 22.8. The van der Waals surface area contributed by atoms with Crippen LogP contribution in [0.3, 0.4) is 0 Å². The van der Waals surface area contributed by atoms with Crippen molar-refractivity contribution in [3.05, 3.63) is 12.1 Å². The summed E-state index contributed by atoms with van der Waals surface area (Å²) in [5, 5.41) is 0. The Hall–Kier alpha value is -0.355. The first-order chi connectivity index (χ1) is 12.1. The lowest BCUT2D eigenvalue weighted by Gasteiger charge is -2.32. The van der Waals surface area contributed by atoms with E-state index < -0.39 is 0 Å². The van der Waals surface area contributed by atoms with Gasteiger partial charge < -0.3 is 18.8 Å². The van der Waals surface area contributed by atoms with Crippen molar-refractivity contribution in [2.75, 3.05) is 26.4 Å². The largest absolute Gasteiger partial charge is 0.485 e. The smallest absolute Gasteiger partial charge is 0.407 e. The third-order valence-electron chi connectivity index (χ3n) is 4.99. The Morgan fingerprint density at radius 3 is 2.20 bits per heavy atom. The summed E-state index contributed by atoms with van der Waals surface area (Å²) in [5.41, 5.74) is 0.122. The fraction of sp³-hybridized carbons (Fsp3) is 0.900. The Morgan fingerprint density at radius 1 is 0.880 bits per heavy atom. The molecule has 5 heteroatoms. The summed E-state index contributed by atoms with van der Waals surface area (Å²) in [7, 11) is -0.201. The lowest BCUT2D eigenvalue weighted by molar-refractivity contribution is -0.167. The molecule has 0 amide bonds. The molecule has 0 bridgehead atoms. The van der Waals surface area contributed by atoms with Gasteiger partial charge in [-0.1, -0.05) is 64.9 Å². The van der Waals surface area contributed by atoms with Crippen LogP contribution in [-0.4, -0.2) is 39.3 Å². The number of hydrogen-bond donors (Lipinski definition) is 0. The Balaban J connectivity index is 1.64. The average Bonchev–Trinajstić information content (AvgIpc) is 3.05. The molecule has 0 saturated carbocycles. The molecule has 0 spiro atoms. The molecule has 2 rings (SSSR count). The first kappa shape index (κ1) is 21.0. The Bertz CT molecular complexity index is 381. The van der Waals surface area contributed by atoms with Gasteiger partial charge in [-0.3, -0.25) is 0 Å². The number of allylic oxidation sites excluding steroid dienone is 1. The molecule has 2 fully saturated rings. The van der Waals surface area contributed by atoms with E-state index in [2.05, 4.69) is 26.8 Å². The van der Waals surface area contributed by atoms with Crippen molar-refractivity contribution in [3.63, 3.8) is 0 Å². The van der Waals surface area contributed by atoms with Crippen LogP contribution >= 0.6 is 0 Å². The van der Waals surface area contributed by atoms with Crippen LogP contribution in [-0.2, 0) is 18.8 Å². The van der Waals surface area contributed by atoms with E-state index in [1.165, 1.54) is 38.5 Å². The van der Waals surface area contributed by atoms with E-state index in [-0.39, 0.29) is 18.3 Å². The molecule has 2 saturated heterocycles. The lowest BCUT2D eigenvalue weighted by Crippen LogP contribution is -2.39. The van der Waals surface area contributed by atoms with Crippen molar-refractivity contribution >= 4 is 7.12 Å². The third kappa shape index (κ3) is 7.82. The van der Waals surface area contributed by atoms with Crippen LogP contribution < -0.4 is 0 Å². The van der Waals surface area contributed by atoms with Gasteiger partial charge in [0.2, 0.25) is 0 Å². The fourth-order valence-corrected chi connectivity index (χ4v) is 3.41. The van der Waals surface area contributed by atoms with Gasteiger partial charge in [0.15, 0.2) is 5.79 Å². The zero-order valence-electron chi connectivity index (χ0n) is 16.6. The Kier molecular flexibility index (Phi) is 8.98.